The normalized spacial score (nSPS) is 22.8. The molecule has 0 radical (unpaired) electrons. The Bertz CT molecular complexity index is 596. The standard InChI is InChI=1S/C15H17NS/c1-9-5-6-10-8-12-11-3-2-4-14(11)17-15(12)16-13(10)7-9/h8-9H,2-7H2,1H3. The van der Waals surface area contributed by atoms with E-state index in [0.29, 0.717) is 0 Å². The number of hydrogen-bond donors (Lipinski definition) is 0. The third kappa shape index (κ3) is 1.46. The van der Waals surface area contributed by atoms with Crippen LogP contribution < -0.4 is 0 Å². The van der Waals surface area contributed by atoms with Crippen molar-refractivity contribution in [1.82, 2.24) is 4.98 Å². The summed E-state index contributed by atoms with van der Waals surface area (Å²) in [5, 5.41) is 1.48. The summed E-state index contributed by atoms with van der Waals surface area (Å²) >= 11 is 1.95. The van der Waals surface area contributed by atoms with Crippen molar-refractivity contribution in [3.63, 3.8) is 0 Å². The van der Waals surface area contributed by atoms with Crippen molar-refractivity contribution in [2.45, 2.75) is 45.4 Å². The number of pyridine rings is 1. The smallest absolute Gasteiger partial charge is 0.124 e. The van der Waals surface area contributed by atoms with Gasteiger partial charge in [-0.2, -0.15) is 0 Å². The summed E-state index contributed by atoms with van der Waals surface area (Å²) in [6.07, 6.45) is 7.69. The lowest BCUT2D eigenvalue weighted by molar-refractivity contribution is 0.494. The molecular weight excluding hydrogens is 226 g/mol. The Labute approximate surface area is 106 Å². The van der Waals surface area contributed by atoms with Gasteiger partial charge in [-0.1, -0.05) is 6.92 Å². The van der Waals surface area contributed by atoms with Crippen LogP contribution in [-0.2, 0) is 25.7 Å². The zero-order valence-corrected chi connectivity index (χ0v) is 11.1. The molecular formula is C15H17NS. The zero-order chi connectivity index (χ0) is 11.4. The van der Waals surface area contributed by atoms with Crippen LogP contribution in [0.25, 0.3) is 10.2 Å². The van der Waals surface area contributed by atoms with Crippen LogP contribution in [0.3, 0.4) is 0 Å². The van der Waals surface area contributed by atoms with Gasteiger partial charge in [-0.15, -0.1) is 11.3 Å². The maximum atomic E-state index is 4.95. The molecule has 2 aromatic heterocycles. The van der Waals surface area contributed by atoms with Crippen molar-refractivity contribution in [1.29, 1.82) is 0 Å². The van der Waals surface area contributed by atoms with Gasteiger partial charge in [0.2, 0.25) is 0 Å². The molecule has 0 bridgehead atoms. The Morgan fingerprint density at radius 2 is 2.24 bits per heavy atom. The summed E-state index contributed by atoms with van der Waals surface area (Å²) in [5.41, 5.74) is 4.54. The van der Waals surface area contributed by atoms with Gasteiger partial charge in [-0.3, -0.25) is 0 Å². The Kier molecular flexibility index (Phi) is 2.10. The van der Waals surface area contributed by atoms with Gasteiger partial charge in [0.05, 0.1) is 0 Å². The van der Waals surface area contributed by atoms with E-state index in [9.17, 15) is 0 Å². The maximum Gasteiger partial charge on any atom is 0.124 e. The molecule has 2 aliphatic rings. The Morgan fingerprint density at radius 1 is 1.29 bits per heavy atom. The number of fused-ring (bicyclic) bond motifs is 4. The van der Waals surface area contributed by atoms with E-state index in [2.05, 4.69) is 13.0 Å². The summed E-state index contributed by atoms with van der Waals surface area (Å²) in [7, 11) is 0. The van der Waals surface area contributed by atoms with Gasteiger partial charge in [-0.25, -0.2) is 4.98 Å². The molecule has 1 atom stereocenters. The lowest BCUT2D eigenvalue weighted by Crippen LogP contribution is -2.12. The SMILES string of the molecule is CC1CCc2cc3c4c(sc3nc2C1)CCC4. The summed E-state index contributed by atoms with van der Waals surface area (Å²) in [6.45, 7) is 2.35. The van der Waals surface area contributed by atoms with E-state index in [-0.39, 0.29) is 0 Å². The van der Waals surface area contributed by atoms with Crippen LogP contribution in [0.4, 0.5) is 0 Å². The van der Waals surface area contributed by atoms with E-state index >= 15 is 0 Å². The van der Waals surface area contributed by atoms with Gasteiger partial charge < -0.3 is 0 Å². The lowest BCUT2D eigenvalue weighted by atomic mass is 9.88. The summed E-state index contributed by atoms with van der Waals surface area (Å²) in [6, 6.07) is 2.46. The zero-order valence-electron chi connectivity index (χ0n) is 10.3. The largest absolute Gasteiger partial charge is 0.242 e. The number of hydrogen-bond acceptors (Lipinski definition) is 2. The van der Waals surface area contributed by atoms with Crippen LogP contribution >= 0.6 is 11.3 Å². The van der Waals surface area contributed by atoms with E-state index in [1.54, 1.807) is 10.4 Å². The van der Waals surface area contributed by atoms with E-state index in [4.69, 9.17) is 4.98 Å². The second-order valence-electron chi connectivity index (χ2n) is 5.65. The summed E-state index contributed by atoms with van der Waals surface area (Å²) < 4.78 is 0. The monoisotopic (exact) mass is 243 g/mol. The molecule has 1 unspecified atom stereocenters. The Hall–Kier alpha value is -0.890. The van der Waals surface area contributed by atoms with E-state index in [0.717, 1.165) is 5.92 Å². The predicted octanol–water partition coefficient (Wildman–Crippen LogP) is 3.91. The predicted molar refractivity (Wildman–Crippen MR) is 72.8 cm³/mol. The molecule has 0 aromatic carbocycles. The number of aryl methyl sites for hydroxylation is 3. The molecule has 88 valence electrons. The molecule has 0 aliphatic heterocycles. The third-order valence-corrected chi connectivity index (χ3v) is 5.52. The molecule has 0 N–H and O–H groups in total. The quantitative estimate of drug-likeness (QED) is 0.683. The number of thiophene rings is 1. The van der Waals surface area contributed by atoms with Gasteiger partial charge in [0, 0.05) is 16.0 Å². The van der Waals surface area contributed by atoms with Crippen molar-refractivity contribution in [2.24, 2.45) is 5.92 Å². The van der Waals surface area contributed by atoms with Crippen molar-refractivity contribution >= 4 is 21.6 Å². The first-order valence-electron chi connectivity index (χ1n) is 6.74. The minimum absolute atomic E-state index is 0.819. The molecule has 1 nitrogen and oxygen atoms in total. The summed E-state index contributed by atoms with van der Waals surface area (Å²) in [4.78, 5) is 7.87. The van der Waals surface area contributed by atoms with Gasteiger partial charge >= 0.3 is 0 Å². The molecule has 17 heavy (non-hydrogen) atoms. The third-order valence-electron chi connectivity index (χ3n) is 4.32. The number of aromatic nitrogens is 1. The number of rotatable bonds is 0. The van der Waals surface area contributed by atoms with Gasteiger partial charge in [0.1, 0.15) is 4.83 Å². The highest BCUT2D eigenvalue weighted by Gasteiger charge is 2.22. The fourth-order valence-electron chi connectivity index (χ4n) is 3.33. The first-order valence-corrected chi connectivity index (χ1v) is 7.56. The van der Waals surface area contributed by atoms with Crippen molar-refractivity contribution in [3.05, 3.63) is 27.8 Å². The van der Waals surface area contributed by atoms with Gasteiger partial charge in [0.25, 0.3) is 0 Å². The molecule has 2 aliphatic carbocycles. The summed E-state index contributed by atoms with van der Waals surface area (Å²) in [5.74, 6) is 0.819. The van der Waals surface area contributed by atoms with Crippen molar-refractivity contribution in [3.8, 4) is 0 Å². The minimum Gasteiger partial charge on any atom is -0.242 e. The van der Waals surface area contributed by atoms with Gasteiger partial charge in [-0.05, 0) is 61.6 Å². The molecule has 2 aromatic rings. The Morgan fingerprint density at radius 3 is 3.18 bits per heavy atom. The lowest BCUT2D eigenvalue weighted by Gasteiger charge is -2.20. The highest BCUT2D eigenvalue weighted by atomic mass is 32.1. The Balaban J connectivity index is 1.94. The molecule has 0 fully saturated rings. The van der Waals surface area contributed by atoms with Crippen molar-refractivity contribution in [2.75, 3.05) is 0 Å². The van der Waals surface area contributed by atoms with Crippen LogP contribution in [0.2, 0.25) is 0 Å². The molecule has 2 heteroatoms. The maximum absolute atomic E-state index is 4.95. The average Bonchev–Trinajstić information content (AvgIpc) is 2.86. The van der Waals surface area contributed by atoms with Gasteiger partial charge in [0.15, 0.2) is 0 Å². The molecule has 0 saturated carbocycles. The second kappa shape index (κ2) is 3.55. The highest BCUT2D eigenvalue weighted by molar-refractivity contribution is 7.18. The second-order valence-corrected chi connectivity index (χ2v) is 6.74. The number of nitrogens with zero attached hydrogens (tertiary/aromatic N) is 1. The first kappa shape index (κ1) is 10.1. The van der Waals surface area contributed by atoms with Crippen LogP contribution in [0, 0.1) is 5.92 Å². The molecule has 0 spiro atoms. The van der Waals surface area contributed by atoms with Crippen LogP contribution in [0.1, 0.15) is 41.5 Å². The van der Waals surface area contributed by atoms with E-state index < -0.39 is 0 Å². The molecule has 2 heterocycles. The minimum atomic E-state index is 0.819. The molecule has 4 rings (SSSR count). The fraction of sp³-hybridized carbons (Fsp3) is 0.533. The van der Waals surface area contributed by atoms with Crippen LogP contribution in [0.15, 0.2) is 6.07 Å². The molecule has 0 amide bonds. The van der Waals surface area contributed by atoms with E-state index in [1.165, 1.54) is 60.0 Å². The molecule has 0 saturated heterocycles. The van der Waals surface area contributed by atoms with Crippen LogP contribution in [-0.4, -0.2) is 4.98 Å². The first-order chi connectivity index (χ1) is 8.31. The van der Waals surface area contributed by atoms with Crippen molar-refractivity contribution < 1.29 is 0 Å². The topological polar surface area (TPSA) is 12.9 Å². The fourth-order valence-corrected chi connectivity index (χ4v) is 4.59. The average molecular weight is 243 g/mol. The highest BCUT2D eigenvalue weighted by Crippen LogP contribution is 2.38. The van der Waals surface area contributed by atoms with E-state index in [1.807, 2.05) is 11.3 Å². The van der Waals surface area contributed by atoms with Crippen LogP contribution in [0.5, 0.6) is 0 Å².